The summed E-state index contributed by atoms with van der Waals surface area (Å²) in [7, 11) is 0. The molecule has 0 aliphatic rings. The van der Waals surface area contributed by atoms with E-state index in [1.165, 1.54) is 6.92 Å². The van der Waals surface area contributed by atoms with Gasteiger partial charge in [0, 0.05) is 5.56 Å². The van der Waals surface area contributed by atoms with Crippen molar-refractivity contribution in [2.45, 2.75) is 46.3 Å². The third kappa shape index (κ3) is 5.91. The highest BCUT2D eigenvalue weighted by Gasteiger charge is 2.30. The molecule has 0 aromatic heterocycles. The Labute approximate surface area is 176 Å². The van der Waals surface area contributed by atoms with Crippen molar-refractivity contribution in [3.63, 3.8) is 0 Å². The average molecular weight is 416 g/mol. The number of nitrogens with one attached hydrogen (secondary N) is 1. The lowest BCUT2D eigenvalue weighted by Gasteiger charge is -2.23. The van der Waals surface area contributed by atoms with Crippen molar-refractivity contribution < 1.29 is 19.1 Å². The second-order valence-electron chi connectivity index (χ2n) is 7.17. The average Bonchev–Trinajstić information content (AvgIpc) is 2.71. The lowest BCUT2D eigenvalue weighted by atomic mass is 10.0. The molecular formula is C23H26ClNO4. The number of esters is 1. The fourth-order valence-corrected chi connectivity index (χ4v) is 3.02. The molecule has 29 heavy (non-hydrogen) atoms. The van der Waals surface area contributed by atoms with E-state index in [0.29, 0.717) is 10.6 Å². The van der Waals surface area contributed by atoms with E-state index in [-0.39, 0.29) is 17.3 Å². The van der Waals surface area contributed by atoms with Crippen molar-refractivity contribution in [2.75, 3.05) is 0 Å². The molecule has 0 spiro atoms. The van der Waals surface area contributed by atoms with Crippen molar-refractivity contribution >= 4 is 29.3 Å². The molecule has 0 heterocycles. The van der Waals surface area contributed by atoms with Gasteiger partial charge in [0.1, 0.15) is 6.04 Å². The maximum absolute atomic E-state index is 12.7. The molecule has 154 valence electrons. The summed E-state index contributed by atoms with van der Waals surface area (Å²) in [6.07, 6.45) is -0.0892. The van der Waals surface area contributed by atoms with Gasteiger partial charge >= 0.3 is 5.97 Å². The summed E-state index contributed by atoms with van der Waals surface area (Å²) in [5.74, 6) is -1.66. The maximum Gasteiger partial charge on any atom is 0.329 e. The van der Waals surface area contributed by atoms with Gasteiger partial charge < -0.3 is 10.1 Å². The number of ketones is 1. The molecule has 5 nitrogen and oxygen atoms in total. The lowest BCUT2D eigenvalue weighted by Crippen LogP contribution is -2.46. The molecule has 2 aromatic carbocycles. The molecule has 0 radical (unpaired) electrons. The first-order valence-electron chi connectivity index (χ1n) is 9.63. The number of carbonyl (C=O) groups is 3. The molecule has 0 saturated heterocycles. The van der Waals surface area contributed by atoms with Crippen LogP contribution in [-0.4, -0.2) is 29.8 Å². The number of Topliss-reactive ketones (excluding diaryl/α,β-unsaturated/α-hetero) is 1. The Bertz CT molecular complexity index is 877. The Morgan fingerprint density at radius 2 is 1.62 bits per heavy atom. The van der Waals surface area contributed by atoms with E-state index in [9.17, 15) is 14.4 Å². The van der Waals surface area contributed by atoms with Crippen LogP contribution in [0.3, 0.4) is 0 Å². The molecule has 1 amide bonds. The van der Waals surface area contributed by atoms with Crippen LogP contribution < -0.4 is 5.32 Å². The summed E-state index contributed by atoms with van der Waals surface area (Å²) < 4.78 is 5.38. The SMILES string of the molecule is CCc1ccc(C(=O)C(C)OC(=O)[C@@H](NC(=O)c2ccccc2Cl)C(C)C)cc1. The van der Waals surface area contributed by atoms with Gasteiger partial charge in [0.05, 0.1) is 10.6 Å². The zero-order chi connectivity index (χ0) is 21.6. The summed E-state index contributed by atoms with van der Waals surface area (Å²) >= 11 is 6.06. The third-order valence-electron chi connectivity index (χ3n) is 4.63. The Kier molecular flexibility index (Phi) is 7.97. The van der Waals surface area contributed by atoms with Gasteiger partial charge in [0.25, 0.3) is 5.91 Å². The van der Waals surface area contributed by atoms with Crippen LogP contribution in [0.1, 0.15) is 54.0 Å². The van der Waals surface area contributed by atoms with E-state index in [4.69, 9.17) is 16.3 Å². The monoisotopic (exact) mass is 415 g/mol. The van der Waals surface area contributed by atoms with Crippen molar-refractivity contribution in [2.24, 2.45) is 5.92 Å². The quantitative estimate of drug-likeness (QED) is 0.510. The highest BCUT2D eigenvalue weighted by Crippen LogP contribution is 2.16. The van der Waals surface area contributed by atoms with E-state index in [1.54, 1.807) is 50.2 Å². The zero-order valence-electron chi connectivity index (χ0n) is 17.1. The number of hydrogen-bond acceptors (Lipinski definition) is 4. The number of amides is 1. The second-order valence-corrected chi connectivity index (χ2v) is 7.58. The molecule has 0 aliphatic carbocycles. The lowest BCUT2D eigenvalue weighted by molar-refractivity contribution is -0.149. The van der Waals surface area contributed by atoms with E-state index >= 15 is 0 Å². The van der Waals surface area contributed by atoms with Crippen LogP contribution in [0.5, 0.6) is 0 Å². The van der Waals surface area contributed by atoms with Gasteiger partial charge in [-0.05, 0) is 37.0 Å². The van der Waals surface area contributed by atoms with E-state index < -0.39 is 24.0 Å². The summed E-state index contributed by atoms with van der Waals surface area (Å²) in [5, 5.41) is 2.95. The van der Waals surface area contributed by atoms with E-state index in [2.05, 4.69) is 5.32 Å². The Morgan fingerprint density at radius 3 is 2.17 bits per heavy atom. The van der Waals surface area contributed by atoms with Gasteiger partial charge in [-0.2, -0.15) is 0 Å². The minimum absolute atomic E-state index is 0.236. The van der Waals surface area contributed by atoms with Crippen molar-refractivity contribution in [1.29, 1.82) is 0 Å². The molecule has 0 saturated carbocycles. The first-order valence-corrected chi connectivity index (χ1v) is 10.0. The smallest absolute Gasteiger partial charge is 0.329 e. The third-order valence-corrected chi connectivity index (χ3v) is 4.96. The molecule has 6 heteroatoms. The van der Waals surface area contributed by atoms with Crippen molar-refractivity contribution in [3.8, 4) is 0 Å². The largest absolute Gasteiger partial charge is 0.453 e. The normalized spacial score (nSPS) is 12.9. The number of ether oxygens (including phenoxy) is 1. The highest BCUT2D eigenvalue weighted by atomic mass is 35.5. The molecule has 0 fully saturated rings. The van der Waals surface area contributed by atoms with E-state index in [1.807, 2.05) is 19.1 Å². The van der Waals surface area contributed by atoms with Crippen LogP contribution in [0.15, 0.2) is 48.5 Å². The molecule has 0 bridgehead atoms. The molecule has 1 unspecified atom stereocenters. The minimum Gasteiger partial charge on any atom is -0.453 e. The summed E-state index contributed by atoms with van der Waals surface area (Å²) in [6.45, 7) is 7.13. The number of carbonyl (C=O) groups excluding carboxylic acids is 3. The summed E-state index contributed by atoms with van der Waals surface area (Å²) in [5.41, 5.74) is 1.87. The molecule has 2 atom stereocenters. The number of hydrogen-bond donors (Lipinski definition) is 1. The van der Waals surface area contributed by atoms with Crippen LogP contribution in [0, 0.1) is 5.92 Å². The first kappa shape index (κ1) is 22.6. The highest BCUT2D eigenvalue weighted by molar-refractivity contribution is 6.33. The molecule has 2 rings (SSSR count). The predicted molar refractivity (Wildman–Crippen MR) is 113 cm³/mol. The number of aryl methyl sites for hydroxylation is 1. The fourth-order valence-electron chi connectivity index (χ4n) is 2.80. The van der Waals surface area contributed by atoms with Crippen LogP contribution in [0.2, 0.25) is 5.02 Å². The summed E-state index contributed by atoms with van der Waals surface area (Å²) in [6, 6.07) is 12.9. The van der Waals surface area contributed by atoms with Gasteiger partial charge in [-0.1, -0.05) is 68.8 Å². The van der Waals surface area contributed by atoms with Gasteiger partial charge in [-0.15, -0.1) is 0 Å². The standard InChI is InChI=1S/C23H26ClNO4/c1-5-16-10-12-17(13-11-16)21(26)15(4)29-23(28)20(14(2)3)25-22(27)18-8-6-7-9-19(18)24/h6-15,20H,5H2,1-4H3,(H,25,27)/t15?,20-/m0/s1. The predicted octanol–water partition coefficient (Wildman–Crippen LogP) is 4.47. The molecular weight excluding hydrogens is 390 g/mol. The number of rotatable bonds is 8. The zero-order valence-corrected chi connectivity index (χ0v) is 17.8. The van der Waals surface area contributed by atoms with E-state index in [0.717, 1.165) is 12.0 Å². The van der Waals surface area contributed by atoms with Gasteiger partial charge in [-0.25, -0.2) is 4.79 Å². The Balaban J connectivity index is 2.07. The van der Waals surface area contributed by atoms with Gasteiger partial charge in [0.2, 0.25) is 5.78 Å². The number of benzene rings is 2. The van der Waals surface area contributed by atoms with Gasteiger partial charge in [-0.3, -0.25) is 9.59 Å². The van der Waals surface area contributed by atoms with Crippen molar-refractivity contribution in [1.82, 2.24) is 5.32 Å². The molecule has 2 aromatic rings. The first-order chi connectivity index (χ1) is 13.7. The minimum atomic E-state index is -0.964. The Hall–Kier alpha value is -2.66. The van der Waals surface area contributed by atoms with Crippen LogP contribution in [0.25, 0.3) is 0 Å². The van der Waals surface area contributed by atoms with Crippen LogP contribution >= 0.6 is 11.6 Å². The van der Waals surface area contributed by atoms with Crippen LogP contribution in [-0.2, 0) is 16.0 Å². The molecule has 1 N–H and O–H groups in total. The topological polar surface area (TPSA) is 72.5 Å². The maximum atomic E-state index is 12.7. The number of halogens is 1. The fraction of sp³-hybridized carbons (Fsp3) is 0.348. The van der Waals surface area contributed by atoms with Crippen LogP contribution in [0.4, 0.5) is 0 Å². The Morgan fingerprint density at radius 1 is 1.00 bits per heavy atom. The van der Waals surface area contributed by atoms with Crippen molar-refractivity contribution in [3.05, 3.63) is 70.2 Å². The summed E-state index contributed by atoms with van der Waals surface area (Å²) in [4.78, 5) is 37.8. The van der Waals surface area contributed by atoms with Gasteiger partial charge in [0.15, 0.2) is 6.10 Å². The second kappa shape index (κ2) is 10.2. The molecule has 0 aliphatic heterocycles.